The Morgan fingerprint density at radius 3 is 2.16 bits per heavy atom. The number of amides is 2. The zero-order valence-electron chi connectivity index (χ0n) is 25.0. The van der Waals surface area contributed by atoms with Crippen molar-refractivity contribution in [3.05, 3.63) is 89.7 Å². The first kappa shape index (κ1) is 32.0. The molecule has 1 atom stereocenters. The molecule has 0 aliphatic heterocycles. The highest BCUT2D eigenvalue weighted by atomic mass is 32.2. The van der Waals surface area contributed by atoms with E-state index in [1.54, 1.807) is 48.5 Å². The second-order valence-electron chi connectivity index (χ2n) is 10.8. The highest BCUT2D eigenvalue weighted by molar-refractivity contribution is 7.92. The average Bonchev–Trinajstić information content (AvgIpc) is 3.50. The van der Waals surface area contributed by atoms with Gasteiger partial charge in [0.15, 0.2) is 0 Å². The summed E-state index contributed by atoms with van der Waals surface area (Å²) in [5.41, 5.74) is 1.87. The van der Waals surface area contributed by atoms with Crippen molar-refractivity contribution in [1.29, 1.82) is 0 Å². The summed E-state index contributed by atoms with van der Waals surface area (Å²) in [6.07, 6.45) is 4.16. The summed E-state index contributed by atoms with van der Waals surface area (Å²) in [5, 5.41) is 3.09. The van der Waals surface area contributed by atoms with Crippen molar-refractivity contribution in [1.82, 2.24) is 10.2 Å². The lowest BCUT2D eigenvalue weighted by Gasteiger charge is -2.33. The number of rotatable bonds is 13. The van der Waals surface area contributed by atoms with E-state index >= 15 is 0 Å². The third-order valence-electron chi connectivity index (χ3n) is 7.68. The van der Waals surface area contributed by atoms with Crippen molar-refractivity contribution in [2.24, 2.45) is 0 Å². The van der Waals surface area contributed by atoms with E-state index in [2.05, 4.69) is 5.32 Å². The third-order valence-corrected chi connectivity index (χ3v) is 9.47. The molecule has 230 valence electrons. The fraction of sp³-hybridized carbons (Fsp3) is 0.394. The van der Waals surface area contributed by atoms with E-state index in [0.717, 1.165) is 35.6 Å². The van der Waals surface area contributed by atoms with E-state index in [9.17, 15) is 22.4 Å². The summed E-state index contributed by atoms with van der Waals surface area (Å²) in [6.45, 7) is 5.46. The van der Waals surface area contributed by atoms with Gasteiger partial charge < -0.3 is 15.0 Å². The Morgan fingerprint density at radius 1 is 0.953 bits per heavy atom. The van der Waals surface area contributed by atoms with Gasteiger partial charge in [-0.1, -0.05) is 49.6 Å². The van der Waals surface area contributed by atoms with Crippen LogP contribution in [0, 0.1) is 12.7 Å². The molecule has 2 amide bonds. The number of anilines is 1. The van der Waals surface area contributed by atoms with Gasteiger partial charge in [-0.15, -0.1) is 0 Å². The molecule has 43 heavy (non-hydrogen) atoms. The average molecular weight is 610 g/mol. The van der Waals surface area contributed by atoms with Gasteiger partial charge in [0, 0.05) is 12.6 Å². The predicted molar refractivity (Wildman–Crippen MR) is 165 cm³/mol. The van der Waals surface area contributed by atoms with Crippen molar-refractivity contribution < 1.29 is 27.1 Å². The molecule has 1 aliphatic carbocycles. The molecule has 4 rings (SSSR count). The molecule has 0 aromatic heterocycles. The van der Waals surface area contributed by atoms with Crippen LogP contribution >= 0.6 is 0 Å². The maximum Gasteiger partial charge on any atom is 0.264 e. The maximum atomic E-state index is 14.2. The summed E-state index contributed by atoms with van der Waals surface area (Å²) in [6, 6.07) is 17.8. The van der Waals surface area contributed by atoms with Gasteiger partial charge >= 0.3 is 0 Å². The van der Waals surface area contributed by atoms with Crippen molar-refractivity contribution in [2.45, 2.75) is 76.4 Å². The topological polar surface area (TPSA) is 96.0 Å². The summed E-state index contributed by atoms with van der Waals surface area (Å²) < 4.78 is 48.3. The molecule has 0 spiro atoms. The molecule has 1 saturated carbocycles. The van der Waals surface area contributed by atoms with Crippen LogP contribution in [0.1, 0.15) is 57.1 Å². The van der Waals surface area contributed by atoms with E-state index in [-0.39, 0.29) is 23.4 Å². The number of nitrogens with zero attached hydrogens (tertiary/aromatic N) is 2. The zero-order valence-corrected chi connectivity index (χ0v) is 25.8. The minimum absolute atomic E-state index is 0.000399. The molecular formula is C33H40FN3O5S. The first-order valence-electron chi connectivity index (χ1n) is 14.8. The first-order chi connectivity index (χ1) is 20.6. The normalized spacial score (nSPS) is 14.2. The van der Waals surface area contributed by atoms with Gasteiger partial charge in [-0.2, -0.15) is 0 Å². The number of hydrogen-bond acceptors (Lipinski definition) is 5. The Labute approximate surface area is 253 Å². The molecule has 0 unspecified atom stereocenters. The molecule has 1 aliphatic rings. The second-order valence-corrected chi connectivity index (χ2v) is 12.7. The zero-order chi connectivity index (χ0) is 31.0. The monoisotopic (exact) mass is 609 g/mol. The minimum atomic E-state index is -4.20. The molecular weight excluding hydrogens is 569 g/mol. The summed E-state index contributed by atoms with van der Waals surface area (Å²) >= 11 is 0. The number of benzene rings is 3. The van der Waals surface area contributed by atoms with Gasteiger partial charge in [-0.3, -0.25) is 13.9 Å². The predicted octanol–water partition coefficient (Wildman–Crippen LogP) is 5.59. The Balaban J connectivity index is 1.70. The van der Waals surface area contributed by atoms with Crippen LogP contribution < -0.4 is 14.4 Å². The van der Waals surface area contributed by atoms with Crippen LogP contribution in [0.4, 0.5) is 10.1 Å². The van der Waals surface area contributed by atoms with Crippen LogP contribution in [-0.2, 0) is 26.2 Å². The van der Waals surface area contributed by atoms with E-state index in [1.807, 2.05) is 20.8 Å². The smallest absolute Gasteiger partial charge is 0.264 e. The first-order valence-corrected chi connectivity index (χ1v) is 16.2. The Hall–Kier alpha value is -3.92. The van der Waals surface area contributed by atoms with Crippen molar-refractivity contribution in [2.75, 3.05) is 17.5 Å². The second kappa shape index (κ2) is 14.5. The lowest BCUT2D eigenvalue weighted by molar-refractivity contribution is -0.140. The molecule has 8 nitrogen and oxygen atoms in total. The molecule has 0 heterocycles. The van der Waals surface area contributed by atoms with Crippen LogP contribution in [0.15, 0.2) is 77.7 Å². The number of nitrogens with one attached hydrogen (secondary N) is 1. The molecule has 0 radical (unpaired) electrons. The van der Waals surface area contributed by atoms with E-state index in [1.165, 1.54) is 29.2 Å². The van der Waals surface area contributed by atoms with Crippen LogP contribution in [0.5, 0.6) is 5.75 Å². The number of ether oxygens (including phenoxy) is 1. The van der Waals surface area contributed by atoms with Gasteiger partial charge in [0.25, 0.3) is 10.0 Å². The Kier molecular flexibility index (Phi) is 10.8. The van der Waals surface area contributed by atoms with Gasteiger partial charge in [-0.25, -0.2) is 12.8 Å². The lowest BCUT2D eigenvalue weighted by atomic mass is 10.1. The number of halogens is 1. The van der Waals surface area contributed by atoms with Crippen molar-refractivity contribution in [3.8, 4) is 5.75 Å². The van der Waals surface area contributed by atoms with Gasteiger partial charge in [0.2, 0.25) is 11.8 Å². The quantitative estimate of drug-likeness (QED) is 0.273. The fourth-order valence-electron chi connectivity index (χ4n) is 5.32. The van der Waals surface area contributed by atoms with Crippen LogP contribution in [0.25, 0.3) is 0 Å². The molecule has 1 fully saturated rings. The minimum Gasteiger partial charge on any atom is -0.494 e. The number of carbonyl (C=O) groups excluding carboxylic acids is 2. The number of hydrogen-bond donors (Lipinski definition) is 1. The molecule has 3 aromatic rings. The fourth-order valence-corrected chi connectivity index (χ4v) is 6.73. The number of carbonyl (C=O) groups is 2. The van der Waals surface area contributed by atoms with Crippen molar-refractivity contribution >= 4 is 27.5 Å². The van der Waals surface area contributed by atoms with Crippen LogP contribution in [0.2, 0.25) is 0 Å². The van der Waals surface area contributed by atoms with E-state index < -0.39 is 34.3 Å². The number of aryl methyl sites for hydroxylation is 1. The van der Waals surface area contributed by atoms with E-state index in [0.29, 0.717) is 30.0 Å². The SMILES string of the molecule is CCOc1ccc(S(=O)(=O)N(CC(=O)N(Cc2ccc(F)cc2)[C@H](CC)C(=O)NC2CCCC2)c2ccc(C)cc2)cc1. The molecule has 0 saturated heterocycles. The molecule has 10 heteroatoms. The summed E-state index contributed by atoms with van der Waals surface area (Å²) in [7, 11) is -4.20. The summed E-state index contributed by atoms with van der Waals surface area (Å²) in [4.78, 5) is 29.1. The van der Waals surface area contributed by atoms with Gasteiger partial charge in [0.1, 0.15) is 24.2 Å². The van der Waals surface area contributed by atoms with Crippen LogP contribution in [-0.4, -0.2) is 50.4 Å². The third kappa shape index (κ3) is 8.13. The lowest BCUT2D eigenvalue weighted by Crippen LogP contribution is -2.53. The Morgan fingerprint density at radius 2 is 1.58 bits per heavy atom. The molecule has 3 aromatic carbocycles. The molecule has 0 bridgehead atoms. The highest BCUT2D eigenvalue weighted by Gasteiger charge is 2.34. The maximum absolute atomic E-state index is 14.2. The standard InChI is InChI=1S/C33H40FN3O5S/c1-4-31(33(39)35-27-8-6-7-9-27)36(22-25-12-14-26(34)15-13-25)32(38)23-37(28-16-10-24(3)11-17-28)43(40,41)30-20-18-29(19-21-30)42-5-2/h10-21,27,31H,4-9,22-23H2,1-3H3,(H,35,39)/t31-/m1/s1. The highest BCUT2D eigenvalue weighted by Crippen LogP contribution is 2.27. The number of sulfonamides is 1. The van der Waals surface area contributed by atoms with E-state index in [4.69, 9.17) is 4.74 Å². The van der Waals surface area contributed by atoms with Gasteiger partial charge in [0.05, 0.1) is 17.2 Å². The summed E-state index contributed by atoms with van der Waals surface area (Å²) in [5.74, 6) is -0.711. The van der Waals surface area contributed by atoms with Gasteiger partial charge in [-0.05, 0) is 87.2 Å². The largest absolute Gasteiger partial charge is 0.494 e. The molecule has 1 N–H and O–H groups in total. The van der Waals surface area contributed by atoms with Crippen LogP contribution in [0.3, 0.4) is 0 Å². The van der Waals surface area contributed by atoms with Crippen molar-refractivity contribution in [3.63, 3.8) is 0 Å². The Bertz CT molecular complexity index is 1470.